The van der Waals surface area contributed by atoms with E-state index in [1.165, 1.54) is 57.8 Å². The fraction of sp³-hybridized carbons (Fsp3) is 0.938. The van der Waals surface area contributed by atoms with Crippen molar-refractivity contribution in [1.82, 2.24) is 0 Å². The average molecular weight is 254 g/mol. The Kier molecular flexibility index (Phi) is 8.11. The Morgan fingerprint density at radius 3 is 2.44 bits per heavy atom. The summed E-state index contributed by atoms with van der Waals surface area (Å²) < 4.78 is 5.56. The topological polar surface area (TPSA) is 26.3 Å². The molecule has 0 N–H and O–H groups in total. The monoisotopic (exact) mass is 254 g/mol. The maximum absolute atomic E-state index is 11.7. The Bertz CT molecular complexity index is 219. The molecule has 0 amide bonds. The standard InChI is InChI=1S/C16H30O2/c1-3-4-5-6-10-13-16(17)18-14(2)15-11-8-7-9-12-15/h14-15H,3-13H2,1-2H3. The number of carbonyl (C=O) groups excluding carboxylic acids is 1. The molecule has 1 unspecified atom stereocenters. The number of hydrogen-bond acceptors (Lipinski definition) is 2. The summed E-state index contributed by atoms with van der Waals surface area (Å²) in [6.45, 7) is 4.28. The molecule has 0 aromatic heterocycles. The van der Waals surface area contributed by atoms with Gasteiger partial charge in [0, 0.05) is 6.42 Å². The minimum Gasteiger partial charge on any atom is -0.462 e. The van der Waals surface area contributed by atoms with E-state index in [0.29, 0.717) is 12.3 Å². The molecule has 0 radical (unpaired) electrons. The van der Waals surface area contributed by atoms with Crippen molar-refractivity contribution in [3.8, 4) is 0 Å². The van der Waals surface area contributed by atoms with E-state index in [1.807, 2.05) is 0 Å². The summed E-state index contributed by atoms with van der Waals surface area (Å²) in [5, 5.41) is 0. The third kappa shape index (κ3) is 6.42. The number of hydrogen-bond donors (Lipinski definition) is 0. The van der Waals surface area contributed by atoms with Crippen molar-refractivity contribution >= 4 is 5.97 Å². The Balaban J connectivity index is 2.07. The van der Waals surface area contributed by atoms with E-state index < -0.39 is 0 Å². The predicted molar refractivity (Wildman–Crippen MR) is 75.5 cm³/mol. The van der Waals surface area contributed by atoms with Crippen molar-refractivity contribution in [3.05, 3.63) is 0 Å². The van der Waals surface area contributed by atoms with Gasteiger partial charge in [0.25, 0.3) is 0 Å². The summed E-state index contributed by atoms with van der Waals surface area (Å²) in [5.41, 5.74) is 0. The van der Waals surface area contributed by atoms with Crippen molar-refractivity contribution in [3.63, 3.8) is 0 Å². The molecular weight excluding hydrogens is 224 g/mol. The zero-order valence-corrected chi connectivity index (χ0v) is 12.2. The highest BCUT2D eigenvalue weighted by Crippen LogP contribution is 2.28. The van der Waals surface area contributed by atoms with E-state index in [0.717, 1.165) is 6.42 Å². The Labute approximate surface area is 112 Å². The van der Waals surface area contributed by atoms with Gasteiger partial charge < -0.3 is 4.74 Å². The maximum Gasteiger partial charge on any atom is 0.306 e. The first kappa shape index (κ1) is 15.5. The molecule has 1 aliphatic carbocycles. The smallest absolute Gasteiger partial charge is 0.306 e. The summed E-state index contributed by atoms with van der Waals surface area (Å²) in [6.07, 6.45) is 13.2. The van der Waals surface area contributed by atoms with Crippen LogP contribution in [0, 0.1) is 5.92 Å². The molecule has 1 saturated carbocycles. The molecule has 0 aliphatic heterocycles. The van der Waals surface area contributed by atoms with Gasteiger partial charge in [-0.2, -0.15) is 0 Å². The van der Waals surface area contributed by atoms with Crippen LogP contribution in [0.25, 0.3) is 0 Å². The van der Waals surface area contributed by atoms with Crippen LogP contribution in [-0.2, 0) is 9.53 Å². The summed E-state index contributed by atoms with van der Waals surface area (Å²) in [6, 6.07) is 0. The molecule has 18 heavy (non-hydrogen) atoms. The van der Waals surface area contributed by atoms with E-state index in [2.05, 4.69) is 13.8 Å². The van der Waals surface area contributed by atoms with Crippen LogP contribution in [-0.4, -0.2) is 12.1 Å². The molecule has 2 nitrogen and oxygen atoms in total. The number of ether oxygens (including phenoxy) is 1. The predicted octanol–water partition coefficient (Wildman–Crippen LogP) is 4.86. The van der Waals surface area contributed by atoms with Crippen molar-refractivity contribution in [2.24, 2.45) is 5.92 Å². The average Bonchev–Trinajstić information content (AvgIpc) is 2.39. The number of esters is 1. The van der Waals surface area contributed by atoms with E-state index in [9.17, 15) is 4.79 Å². The second-order valence-electron chi connectivity index (χ2n) is 5.76. The Morgan fingerprint density at radius 2 is 1.78 bits per heavy atom. The highest BCUT2D eigenvalue weighted by Gasteiger charge is 2.22. The summed E-state index contributed by atoms with van der Waals surface area (Å²) >= 11 is 0. The van der Waals surface area contributed by atoms with Crippen molar-refractivity contribution in [1.29, 1.82) is 0 Å². The molecule has 106 valence electrons. The van der Waals surface area contributed by atoms with Crippen LogP contribution >= 0.6 is 0 Å². The molecule has 1 aliphatic rings. The minimum absolute atomic E-state index is 0.0181. The molecule has 0 spiro atoms. The molecule has 0 aromatic rings. The van der Waals surface area contributed by atoms with Gasteiger partial charge in [-0.3, -0.25) is 4.79 Å². The lowest BCUT2D eigenvalue weighted by molar-refractivity contribution is -0.151. The third-order valence-corrected chi connectivity index (χ3v) is 4.12. The molecular formula is C16H30O2. The van der Waals surface area contributed by atoms with E-state index in [-0.39, 0.29) is 12.1 Å². The summed E-state index contributed by atoms with van der Waals surface area (Å²) in [4.78, 5) is 11.7. The second-order valence-corrected chi connectivity index (χ2v) is 5.76. The number of rotatable bonds is 8. The molecule has 0 bridgehead atoms. The minimum atomic E-state index is 0.0181. The van der Waals surface area contributed by atoms with Gasteiger partial charge in [0.15, 0.2) is 0 Å². The van der Waals surface area contributed by atoms with Crippen LogP contribution in [0.2, 0.25) is 0 Å². The van der Waals surface area contributed by atoms with E-state index in [4.69, 9.17) is 4.74 Å². The first-order chi connectivity index (χ1) is 8.74. The van der Waals surface area contributed by atoms with Crippen molar-refractivity contribution in [2.75, 3.05) is 0 Å². The van der Waals surface area contributed by atoms with E-state index in [1.54, 1.807) is 0 Å². The lowest BCUT2D eigenvalue weighted by atomic mass is 9.86. The lowest BCUT2D eigenvalue weighted by Crippen LogP contribution is -2.25. The number of unbranched alkanes of at least 4 members (excludes halogenated alkanes) is 4. The van der Waals surface area contributed by atoms with Crippen LogP contribution < -0.4 is 0 Å². The third-order valence-electron chi connectivity index (χ3n) is 4.12. The van der Waals surface area contributed by atoms with Crippen molar-refractivity contribution in [2.45, 2.75) is 90.6 Å². The quantitative estimate of drug-likeness (QED) is 0.457. The van der Waals surface area contributed by atoms with Crippen LogP contribution in [0.4, 0.5) is 0 Å². The molecule has 0 aromatic carbocycles. The summed E-state index contributed by atoms with van der Waals surface area (Å²) in [5.74, 6) is 0.632. The van der Waals surface area contributed by atoms with Crippen LogP contribution in [0.3, 0.4) is 0 Å². The second kappa shape index (κ2) is 9.41. The normalized spacial score (nSPS) is 18.6. The van der Waals surface area contributed by atoms with Crippen LogP contribution in [0.5, 0.6) is 0 Å². The van der Waals surface area contributed by atoms with Crippen molar-refractivity contribution < 1.29 is 9.53 Å². The molecule has 1 fully saturated rings. The van der Waals surface area contributed by atoms with Crippen LogP contribution in [0.1, 0.15) is 84.5 Å². The largest absolute Gasteiger partial charge is 0.462 e. The molecule has 1 rings (SSSR count). The molecule has 0 heterocycles. The van der Waals surface area contributed by atoms with Gasteiger partial charge in [-0.05, 0) is 32.1 Å². The first-order valence-corrected chi connectivity index (χ1v) is 7.93. The SMILES string of the molecule is CCCCCCCC(=O)OC(C)C1CCCCC1. The van der Waals surface area contributed by atoms with Gasteiger partial charge in [-0.25, -0.2) is 0 Å². The Hall–Kier alpha value is -0.530. The molecule has 2 heteroatoms. The van der Waals surface area contributed by atoms with Gasteiger partial charge in [0.1, 0.15) is 6.10 Å². The Morgan fingerprint density at radius 1 is 1.11 bits per heavy atom. The first-order valence-electron chi connectivity index (χ1n) is 7.93. The molecule has 0 saturated heterocycles. The highest BCUT2D eigenvalue weighted by molar-refractivity contribution is 5.69. The fourth-order valence-electron chi connectivity index (χ4n) is 2.84. The van der Waals surface area contributed by atoms with Crippen LogP contribution in [0.15, 0.2) is 0 Å². The zero-order valence-electron chi connectivity index (χ0n) is 12.2. The number of carbonyl (C=O) groups is 1. The summed E-state index contributed by atoms with van der Waals surface area (Å²) in [7, 11) is 0. The van der Waals surface area contributed by atoms with E-state index >= 15 is 0 Å². The fourth-order valence-corrected chi connectivity index (χ4v) is 2.84. The highest BCUT2D eigenvalue weighted by atomic mass is 16.5. The van der Waals surface area contributed by atoms with Gasteiger partial charge in [-0.15, -0.1) is 0 Å². The van der Waals surface area contributed by atoms with Gasteiger partial charge in [0.2, 0.25) is 0 Å². The lowest BCUT2D eigenvalue weighted by Gasteiger charge is -2.27. The van der Waals surface area contributed by atoms with Gasteiger partial charge in [0.05, 0.1) is 0 Å². The maximum atomic E-state index is 11.7. The molecule has 1 atom stereocenters. The van der Waals surface area contributed by atoms with Gasteiger partial charge in [-0.1, -0.05) is 51.9 Å². The zero-order chi connectivity index (χ0) is 13.2. The van der Waals surface area contributed by atoms with Gasteiger partial charge >= 0.3 is 5.97 Å².